The minimum atomic E-state index is -0.529. The smallest absolute Gasteiger partial charge is 0.248 e. The molecule has 6 nitrogen and oxygen atoms in total. The molecule has 0 aromatic heterocycles. The molecule has 2 aliphatic heterocycles. The van der Waals surface area contributed by atoms with E-state index in [4.69, 9.17) is 5.21 Å². The number of nitrogens with one attached hydrogen (secondary N) is 2. The van der Waals surface area contributed by atoms with Crippen molar-refractivity contribution in [3.8, 4) is 0 Å². The highest BCUT2D eigenvalue weighted by Gasteiger charge is 2.53. The lowest BCUT2D eigenvalue weighted by molar-refractivity contribution is -0.144. The lowest BCUT2D eigenvalue weighted by Gasteiger charge is -2.37. The molecular weight excluding hydrogens is 342 g/mol. The highest BCUT2D eigenvalue weighted by atomic mass is 16.5. The number of rotatable bonds is 2. The van der Waals surface area contributed by atoms with Crippen molar-refractivity contribution in [2.75, 3.05) is 19.6 Å². The van der Waals surface area contributed by atoms with Gasteiger partial charge in [-0.3, -0.25) is 14.8 Å². The third-order valence-corrected chi connectivity index (χ3v) is 7.41. The van der Waals surface area contributed by atoms with Gasteiger partial charge in [-0.25, -0.2) is 5.48 Å². The van der Waals surface area contributed by atoms with Crippen molar-refractivity contribution in [3.05, 3.63) is 35.4 Å². The van der Waals surface area contributed by atoms with E-state index in [0.717, 1.165) is 45.3 Å². The Morgan fingerprint density at radius 1 is 1.22 bits per heavy atom. The molecule has 0 bridgehead atoms. The predicted octanol–water partition coefficient (Wildman–Crippen LogP) is 1.44. The molecule has 1 spiro atoms. The third-order valence-electron chi connectivity index (χ3n) is 7.41. The first-order valence-corrected chi connectivity index (χ1v) is 10.1. The number of amides is 2. The summed E-state index contributed by atoms with van der Waals surface area (Å²) in [5, 5.41) is 12.5. The Bertz CT molecular complexity index is 776. The van der Waals surface area contributed by atoms with Gasteiger partial charge >= 0.3 is 0 Å². The summed E-state index contributed by atoms with van der Waals surface area (Å²) in [5.74, 6) is 0.00291. The molecule has 144 valence electrons. The standard InChI is InChI=1S/C21H27N3O3/c25-19(23-27)16-9-21(7-8-21)12-22-18(16)20(26)24-10-14-6-5-13-3-1-2-4-15(13)17(14)11-24/h1-4,14,16-18,22,27H,5-12H2,(H,23,25). The Morgan fingerprint density at radius 3 is 2.81 bits per heavy atom. The van der Waals surface area contributed by atoms with E-state index in [0.29, 0.717) is 18.3 Å². The monoisotopic (exact) mass is 369 g/mol. The van der Waals surface area contributed by atoms with Gasteiger partial charge in [-0.15, -0.1) is 0 Å². The van der Waals surface area contributed by atoms with E-state index in [2.05, 4.69) is 29.6 Å². The molecule has 4 unspecified atom stereocenters. The number of benzene rings is 1. The molecule has 4 aliphatic rings. The van der Waals surface area contributed by atoms with Gasteiger partial charge in [0.15, 0.2) is 0 Å². The van der Waals surface area contributed by atoms with Crippen LogP contribution in [0.25, 0.3) is 0 Å². The van der Waals surface area contributed by atoms with Crippen LogP contribution in [-0.4, -0.2) is 47.6 Å². The molecule has 3 fully saturated rings. The molecule has 1 aromatic rings. The van der Waals surface area contributed by atoms with Crippen LogP contribution in [0.1, 0.15) is 42.7 Å². The fourth-order valence-electron chi connectivity index (χ4n) is 5.63. The van der Waals surface area contributed by atoms with Crippen LogP contribution in [0.2, 0.25) is 0 Å². The summed E-state index contributed by atoms with van der Waals surface area (Å²) < 4.78 is 0. The number of carbonyl (C=O) groups excluding carboxylic acids is 2. The first-order chi connectivity index (χ1) is 13.1. The highest BCUT2D eigenvalue weighted by Crippen LogP contribution is 2.53. The summed E-state index contributed by atoms with van der Waals surface area (Å²) in [7, 11) is 0. The van der Waals surface area contributed by atoms with Gasteiger partial charge in [0.25, 0.3) is 0 Å². The maximum atomic E-state index is 13.3. The number of fused-ring (bicyclic) bond motifs is 3. The Labute approximate surface area is 159 Å². The van der Waals surface area contributed by atoms with Crippen LogP contribution < -0.4 is 10.8 Å². The Kier molecular flexibility index (Phi) is 4.02. The Balaban J connectivity index is 1.34. The highest BCUT2D eigenvalue weighted by molar-refractivity contribution is 5.90. The van der Waals surface area contributed by atoms with Crippen LogP contribution in [0.5, 0.6) is 0 Å². The zero-order valence-corrected chi connectivity index (χ0v) is 15.5. The fourth-order valence-corrected chi connectivity index (χ4v) is 5.63. The van der Waals surface area contributed by atoms with Crippen molar-refractivity contribution < 1.29 is 14.8 Å². The van der Waals surface area contributed by atoms with Crippen molar-refractivity contribution in [2.45, 2.75) is 44.1 Å². The molecule has 0 radical (unpaired) electrons. The molecule has 5 rings (SSSR count). The van der Waals surface area contributed by atoms with Crippen LogP contribution in [0.15, 0.2) is 24.3 Å². The number of hydrogen-bond donors (Lipinski definition) is 3. The number of likely N-dealkylation sites (tertiary alicyclic amines) is 1. The van der Waals surface area contributed by atoms with Crippen molar-refractivity contribution >= 4 is 11.8 Å². The molecule has 3 N–H and O–H groups in total. The van der Waals surface area contributed by atoms with Crippen molar-refractivity contribution in [3.63, 3.8) is 0 Å². The lowest BCUT2D eigenvalue weighted by atomic mass is 9.77. The average Bonchev–Trinajstić information content (AvgIpc) is 3.30. The second kappa shape index (κ2) is 6.31. The van der Waals surface area contributed by atoms with Gasteiger partial charge in [0, 0.05) is 25.6 Å². The van der Waals surface area contributed by atoms with Crippen LogP contribution in [-0.2, 0) is 16.0 Å². The Hall–Kier alpha value is -1.92. The van der Waals surface area contributed by atoms with Gasteiger partial charge in [-0.05, 0) is 54.6 Å². The van der Waals surface area contributed by atoms with Crippen LogP contribution in [0, 0.1) is 17.3 Å². The predicted molar refractivity (Wildman–Crippen MR) is 99.1 cm³/mol. The summed E-state index contributed by atoms with van der Waals surface area (Å²) in [6.45, 7) is 2.30. The van der Waals surface area contributed by atoms with Crippen LogP contribution in [0.4, 0.5) is 0 Å². The number of nitrogens with zero attached hydrogens (tertiary/aromatic N) is 1. The van der Waals surface area contributed by atoms with E-state index < -0.39 is 17.9 Å². The van der Waals surface area contributed by atoms with E-state index in [1.54, 1.807) is 5.48 Å². The summed E-state index contributed by atoms with van der Waals surface area (Å²) >= 11 is 0. The minimum absolute atomic E-state index is 0.0194. The van der Waals surface area contributed by atoms with E-state index in [1.807, 2.05) is 4.90 Å². The van der Waals surface area contributed by atoms with Crippen molar-refractivity contribution in [1.82, 2.24) is 15.7 Å². The van der Waals surface area contributed by atoms with Crippen LogP contribution >= 0.6 is 0 Å². The quantitative estimate of drug-likeness (QED) is 0.544. The summed E-state index contributed by atoms with van der Waals surface area (Å²) in [5.41, 5.74) is 4.75. The summed E-state index contributed by atoms with van der Waals surface area (Å²) in [4.78, 5) is 27.5. The molecule has 1 aromatic carbocycles. The maximum absolute atomic E-state index is 13.3. The SMILES string of the molecule is O=C(NO)C1CC2(CC2)CNC1C(=O)N1CC2CCc3ccccc3C2C1. The molecule has 1 saturated carbocycles. The van der Waals surface area contributed by atoms with Crippen molar-refractivity contribution in [2.24, 2.45) is 17.3 Å². The molecule has 2 amide bonds. The molecule has 6 heteroatoms. The lowest BCUT2D eigenvalue weighted by Crippen LogP contribution is -2.58. The van der Waals surface area contributed by atoms with E-state index in [-0.39, 0.29) is 11.3 Å². The third kappa shape index (κ3) is 2.86. The van der Waals surface area contributed by atoms with Gasteiger partial charge in [0.05, 0.1) is 12.0 Å². The maximum Gasteiger partial charge on any atom is 0.248 e. The molecule has 27 heavy (non-hydrogen) atoms. The number of piperidine rings is 1. The first-order valence-electron chi connectivity index (χ1n) is 10.1. The second-order valence-electron chi connectivity index (χ2n) is 8.99. The Morgan fingerprint density at radius 2 is 2.04 bits per heavy atom. The zero-order chi connectivity index (χ0) is 18.6. The minimum Gasteiger partial charge on any atom is -0.340 e. The zero-order valence-electron chi connectivity index (χ0n) is 15.5. The molecule has 4 atom stereocenters. The molecule has 2 aliphatic carbocycles. The summed E-state index contributed by atoms with van der Waals surface area (Å²) in [6.07, 6.45) is 5.08. The first kappa shape index (κ1) is 17.2. The number of hydrogen-bond acceptors (Lipinski definition) is 4. The van der Waals surface area contributed by atoms with E-state index >= 15 is 0 Å². The fraction of sp³-hybridized carbons (Fsp3) is 0.619. The largest absolute Gasteiger partial charge is 0.340 e. The summed E-state index contributed by atoms with van der Waals surface area (Å²) in [6, 6.07) is 8.06. The molecule has 2 heterocycles. The number of hydroxylamine groups is 1. The van der Waals surface area contributed by atoms with E-state index in [1.165, 1.54) is 11.1 Å². The van der Waals surface area contributed by atoms with Gasteiger partial charge in [-0.2, -0.15) is 0 Å². The second-order valence-corrected chi connectivity index (χ2v) is 8.99. The van der Waals surface area contributed by atoms with Crippen LogP contribution in [0.3, 0.4) is 0 Å². The van der Waals surface area contributed by atoms with E-state index in [9.17, 15) is 9.59 Å². The van der Waals surface area contributed by atoms with Gasteiger partial charge in [0.1, 0.15) is 0 Å². The number of aryl methyl sites for hydroxylation is 1. The molecular formula is C21H27N3O3. The molecule has 2 saturated heterocycles. The normalized spacial score (nSPS) is 33.3. The average molecular weight is 369 g/mol. The number of carbonyl (C=O) groups is 2. The topological polar surface area (TPSA) is 81.7 Å². The van der Waals surface area contributed by atoms with Gasteiger partial charge < -0.3 is 10.2 Å². The van der Waals surface area contributed by atoms with Gasteiger partial charge in [-0.1, -0.05) is 24.3 Å². The van der Waals surface area contributed by atoms with Gasteiger partial charge in [0.2, 0.25) is 11.8 Å². The van der Waals surface area contributed by atoms with Crippen molar-refractivity contribution in [1.29, 1.82) is 0 Å².